The molecule has 1 aromatic rings. The number of nitrogens with zero attached hydrogens (tertiary/aromatic N) is 2. The molecule has 0 aliphatic heterocycles. The smallest absolute Gasteiger partial charge is 0.337 e. The lowest BCUT2D eigenvalue weighted by atomic mass is 9.84. The van der Waals surface area contributed by atoms with E-state index >= 15 is 0 Å². The number of ether oxygens (including phenoxy) is 1. The first-order valence-electron chi connectivity index (χ1n) is 9.25. The van der Waals surface area contributed by atoms with Crippen molar-refractivity contribution in [1.29, 1.82) is 0 Å². The maximum Gasteiger partial charge on any atom is 0.337 e. The zero-order chi connectivity index (χ0) is 19.9. The van der Waals surface area contributed by atoms with E-state index in [0.29, 0.717) is 24.6 Å². The Morgan fingerprint density at radius 2 is 1.75 bits per heavy atom. The monoisotopic (exact) mass is 502 g/mol. The van der Waals surface area contributed by atoms with Crippen LogP contribution in [0.25, 0.3) is 0 Å². The third-order valence-electron chi connectivity index (χ3n) is 5.07. The van der Waals surface area contributed by atoms with Crippen molar-refractivity contribution < 1.29 is 14.3 Å². The molecule has 0 saturated heterocycles. The molecule has 8 heteroatoms. The molecule has 2 rings (SSSR count). The van der Waals surface area contributed by atoms with E-state index in [1.165, 1.54) is 7.11 Å². The van der Waals surface area contributed by atoms with Gasteiger partial charge in [0.1, 0.15) is 0 Å². The Morgan fingerprint density at radius 3 is 2.25 bits per heavy atom. The highest BCUT2D eigenvalue weighted by Crippen LogP contribution is 2.38. The number of benzene rings is 1. The number of hydrogen-bond donors (Lipinski definition) is 2. The van der Waals surface area contributed by atoms with Crippen LogP contribution in [0.4, 0.5) is 0 Å². The zero-order valence-corrected chi connectivity index (χ0v) is 19.4. The molecule has 0 heterocycles. The van der Waals surface area contributed by atoms with Crippen LogP contribution >= 0.6 is 24.0 Å². The Kier molecular flexibility index (Phi) is 9.71. The molecular weight excluding hydrogens is 471 g/mol. The number of hydrogen-bond acceptors (Lipinski definition) is 4. The van der Waals surface area contributed by atoms with Crippen LogP contribution in [0.5, 0.6) is 0 Å². The van der Waals surface area contributed by atoms with E-state index in [4.69, 9.17) is 4.74 Å². The third kappa shape index (κ3) is 6.08. The standard InChI is InChI=1S/C20H30N4O3.HI/c1-21-19(22-13-15-7-9-16(10-8-15)17(25)27-4)23-14-20(11-5-6-12-20)18(26)24(2)3;/h7-10H,5-6,11-14H2,1-4H3,(H2,21,22,23);1H. The van der Waals surface area contributed by atoms with Crippen LogP contribution in [0.2, 0.25) is 0 Å². The van der Waals surface area contributed by atoms with Crippen molar-refractivity contribution in [3.05, 3.63) is 35.4 Å². The topological polar surface area (TPSA) is 83.0 Å². The summed E-state index contributed by atoms with van der Waals surface area (Å²) >= 11 is 0. The first-order chi connectivity index (χ1) is 12.9. The van der Waals surface area contributed by atoms with Gasteiger partial charge >= 0.3 is 5.97 Å². The van der Waals surface area contributed by atoms with Crippen LogP contribution in [0.3, 0.4) is 0 Å². The molecule has 156 valence electrons. The fraction of sp³-hybridized carbons (Fsp3) is 0.550. The van der Waals surface area contributed by atoms with Gasteiger partial charge in [-0.15, -0.1) is 24.0 Å². The number of carbonyl (C=O) groups is 2. The molecule has 0 atom stereocenters. The van der Waals surface area contributed by atoms with Gasteiger partial charge in [-0.05, 0) is 30.5 Å². The second-order valence-electron chi connectivity index (χ2n) is 7.15. The normalized spacial score (nSPS) is 15.4. The average molecular weight is 502 g/mol. The van der Waals surface area contributed by atoms with Crippen LogP contribution < -0.4 is 10.6 Å². The Labute approximate surface area is 184 Å². The molecule has 1 aliphatic carbocycles. The van der Waals surface area contributed by atoms with E-state index in [9.17, 15) is 9.59 Å². The molecule has 1 saturated carbocycles. The summed E-state index contributed by atoms with van der Waals surface area (Å²) < 4.78 is 4.70. The number of rotatable bonds is 6. The average Bonchev–Trinajstić information content (AvgIpc) is 3.17. The SMILES string of the molecule is CN=C(NCc1ccc(C(=O)OC)cc1)NCC1(C(=O)N(C)C)CCCC1.I. The summed E-state index contributed by atoms with van der Waals surface area (Å²) in [6, 6.07) is 7.23. The van der Waals surface area contributed by atoms with Gasteiger partial charge in [-0.2, -0.15) is 0 Å². The first kappa shape index (κ1) is 24.2. The number of halogens is 1. The highest BCUT2D eigenvalue weighted by atomic mass is 127. The van der Waals surface area contributed by atoms with Gasteiger partial charge in [0.25, 0.3) is 0 Å². The third-order valence-corrected chi connectivity index (χ3v) is 5.07. The first-order valence-corrected chi connectivity index (χ1v) is 9.25. The summed E-state index contributed by atoms with van der Waals surface area (Å²) in [5, 5.41) is 6.57. The molecule has 0 unspecified atom stereocenters. The van der Waals surface area contributed by atoms with Gasteiger partial charge in [0, 0.05) is 34.2 Å². The molecule has 1 aromatic carbocycles. The summed E-state index contributed by atoms with van der Waals surface area (Å²) in [5.74, 6) is 0.491. The van der Waals surface area contributed by atoms with Gasteiger partial charge < -0.3 is 20.3 Å². The summed E-state index contributed by atoms with van der Waals surface area (Å²) in [4.78, 5) is 30.1. The van der Waals surface area contributed by atoms with Crippen LogP contribution in [0.1, 0.15) is 41.6 Å². The molecule has 1 aliphatic rings. The van der Waals surface area contributed by atoms with E-state index in [1.54, 1.807) is 24.1 Å². The number of aliphatic imine (C=N–C) groups is 1. The Balaban J connectivity index is 0.00000392. The molecule has 0 radical (unpaired) electrons. The van der Waals surface area contributed by atoms with Gasteiger partial charge in [-0.1, -0.05) is 25.0 Å². The molecule has 2 N–H and O–H groups in total. The quantitative estimate of drug-likeness (QED) is 0.270. The number of nitrogens with one attached hydrogen (secondary N) is 2. The highest BCUT2D eigenvalue weighted by molar-refractivity contribution is 14.0. The van der Waals surface area contributed by atoms with Crippen molar-refractivity contribution in [3.63, 3.8) is 0 Å². The molecule has 0 aromatic heterocycles. The Bertz CT molecular complexity index is 683. The van der Waals surface area contributed by atoms with E-state index in [2.05, 4.69) is 15.6 Å². The van der Waals surface area contributed by atoms with Crippen molar-refractivity contribution in [1.82, 2.24) is 15.5 Å². The van der Waals surface area contributed by atoms with Gasteiger partial charge in [-0.25, -0.2) is 4.79 Å². The van der Waals surface area contributed by atoms with E-state index in [0.717, 1.165) is 31.2 Å². The van der Waals surface area contributed by atoms with Crippen molar-refractivity contribution >= 4 is 41.8 Å². The largest absolute Gasteiger partial charge is 0.465 e. The number of carbonyl (C=O) groups excluding carboxylic acids is 2. The zero-order valence-electron chi connectivity index (χ0n) is 17.1. The minimum absolute atomic E-state index is 0. The van der Waals surface area contributed by atoms with Crippen molar-refractivity contribution in [2.24, 2.45) is 10.4 Å². The fourth-order valence-electron chi connectivity index (χ4n) is 3.53. The van der Waals surface area contributed by atoms with Gasteiger partial charge in [-0.3, -0.25) is 9.79 Å². The number of guanidine groups is 1. The van der Waals surface area contributed by atoms with Crippen molar-refractivity contribution in [2.45, 2.75) is 32.2 Å². The van der Waals surface area contributed by atoms with Crippen LogP contribution in [-0.2, 0) is 16.1 Å². The minimum atomic E-state index is -0.348. The Hall–Kier alpha value is -1.84. The van der Waals surface area contributed by atoms with E-state index in [-0.39, 0.29) is 41.3 Å². The minimum Gasteiger partial charge on any atom is -0.465 e. The maximum atomic E-state index is 12.6. The lowest BCUT2D eigenvalue weighted by molar-refractivity contribution is -0.138. The summed E-state index contributed by atoms with van der Waals surface area (Å²) in [7, 11) is 6.71. The lowest BCUT2D eigenvalue weighted by Gasteiger charge is -2.31. The second kappa shape index (κ2) is 11.2. The molecular formula is C20H31IN4O3. The Morgan fingerprint density at radius 1 is 1.14 bits per heavy atom. The molecule has 0 bridgehead atoms. The van der Waals surface area contributed by atoms with E-state index < -0.39 is 0 Å². The van der Waals surface area contributed by atoms with Crippen LogP contribution in [0.15, 0.2) is 29.3 Å². The predicted molar refractivity (Wildman–Crippen MR) is 121 cm³/mol. The van der Waals surface area contributed by atoms with Gasteiger partial charge in [0.05, 0.1) is 18.1 Å². The van der Waals surface area contributed by atoms with Gasteiger partial charge in [0.15, 0.2) is 5.96 Å². The lowest BCUT2D eigenvalue weighted by Crippen LogP contribution is -2.49. The van der Waals surface area contributed by atoms with Crippen molar-refractivity contribution in [3.8, 4) is 0 Å². The molecule has 1 amide bonds. The van der Waals surface area contributed by atoms with E-state index in [1.807, 2.05) is 26.2 Å². The predicted octanol–water partition coefficient (Wildman–Crippen LogP) is 2.40. The molecule has 0 spiro atoms. The van der Waals surface area contributed by atoms with Crippen LogP contribution in [0, 0.1) is 5.41 Å². The maximum absolute atomic E-state index is 12.6. The molecule has 7 nitrogen and oxygen atoms in total. The van der Waals surface area contributed by atoms with Crippen molar-refractivity contribution in [2.75, 3.05) is 34.8 Å². The molecule has 28 heavy (non-hydrogen) atoms. The second-order valence-corrected chi connectivity index (χ2v) is 7.15. The summed E-state index contributed by atoms with van der Waals surface area (Å²) in [6.07, 6.45) is 3.98. The molecule has 1 fully saturated rings. The number of methoxy groups -OCH3 is 1. The fourth-order valence-corrected chi connectivity index (χ4v) is 3.53. The highest BCUT2D eigenvalue weighted by Gasteiger charge is 2.42. The summed E-state index contributed by atoms with van der Waals surface area (Å²) in [5.41, 5.74) is 1.20. The summed E-state index contributed by atoms with van der Waals surface area (Å²) in [6.45, 7) is 1.14. The number of esters is 1. The number of amides is 1. The van der Waals surface area contributed by atoms with Crippen LogP contribution in [-0.4, -0.2) is 57.5 Å². The van der Waals surface area contributed by atoms with Gasteiger partial charge in [0.2, 0.25) is 5.91 Å².